The van der Waals surface area contributed by atoms with Gasteiger partial charge in [-0.2, -0.15) is 8.78 Å². The van der Waals surface area contributed by atoms with Crippen molar-refractivity contribution < 1.29 is 27.0 Å². The van der Waals surface area contributed by atoms with Gasteiger partial charge in [0.1, 0.15) is 22.4 Å². The molecule has 4 heterocycles. The first-order valence-corrected chi connectivity index (χ1v) is 12.5. The lowest BCUT2D eigenvalue weighted by atomic mass is 10.0. The van der Waals surface area contributed by atoms with Gasteiger partial charge >= 0.3 is 6.61 Å². The number of fused-ring (bicyclic) bond motifs is 9. The summed E-state index contributed by atoms with van der Waals surface area (Å²) in [6.07, 6.45) is 3.41. The maximum absolute atomic E-state index is 13.4. The van der Waals surface area contributed by atoms with Gasteiger partial charge in [0.15, 0.2) is 15.7 Å². The summed E-state index contributed by atoms with van der Waals surface area (Å²) < 4.78 is 59.6. The molecule has 11 heteroatoms. The average molecular weight is 499 g/mol. The normalized spacial score (nSPS) is 20.2. The van der Waals surface area contributed by atoms with Gasteiger partial charge in [-0.1, -0.05) is 12.1 Å². The summed E-state index contributed by atoms with van der Waals surface area (Å²) in [4.78, 5) is 13.1. The Bertz CT molecular complexity index is 1590. The Balaban J connectivity index is 1.53. The first kappa shape index (κ1) is 22.1. The van der Waals surface area contributed by atoms with E-state index in [-0.39, 0.29) is 28.5 Å². The standard InChI is InChI=1S/C24H20F2N4O4S/c1-24(2,31)22-27-10-13(11-28-22)12-6-7-14-15(8-12)30-16-9-19(21(30)29-14)35(32,33)18-5-3-4-17(20(16)18)34-23(25)26/h3-8,10-11,16,19,23,31H,9H2,1-2H3/t16-,19-/m0/s1. The van der Waals surface area contributed by atoms with E-state index >= 15 is 0 Å². The van der Waals surface area contributed by atoms with Crippen LogP contribution in [0.4, 0.5) is 8.78 Å². The highest BCUT2D eigenvalue weighted by molar-refractivity contribution is 7.91. The number of ether oxygens (including phenoxy) is 1. The first-order valence-electron chi connectivity index (χ1n) is 10.9. The van der Waals surface area contributed by atoms with Crippen molar-refractivity contribution in [2.24, 2.45) is 0 Å². The molecule has 4 aromatic rings. The van der Waals surface area contributed by atoms with Crippen LogP contribution in [-0.4, -0.2) is 39.7 Å². The first-order chi connectivity index (χ1) is 16.6. The number of benzene rings is 2. The summed E-state index contributed by atoms with van der Waals surface area (Å²) in [5.41, 5.74) is 1.79. The highest BCUT2D eigenvalue weighted by Crippen LogP contribution is 2.55. The van der Waals surface area contributed by atoms with Crippen LogP contribution in [0.3, 0.4) is 0 Å². The Morgan fingerprint density at radius 1 is 1.14 bits per heavy atom. The summed E-state index contributed by atoms with van der Waals surface area (Å²) >= 11 is 0. The number of halogens is 2. The summed E-state index contributed by atoms with van der Waals surface area (Å²) in [7, 11) is -3.84. The smallest absolute Gasteiger partial charge is 0.387 e. The largest absolute Gasteiger partial charge is 0.434 e. The number of alkyl halides is 2. The van der Waals surface area contributed by atoms with Gasteiger partial charge in [-0.3, -0.25) is 0 Å². The quantitative estimate of drug-likeness (QED) is 0.451. The molecular weight excluding hydrogens is 478 g/mol. The third-order valence-corrected chi connectivity index (χ3v) is 8.66. The Hall–Kier alpha value is -3.44. The fourth-order valence-corrected chi connectivity index (χ4v) is 7.01. The highest BCUT2D eigenvalue weighted by Gasteiger charge is 2.50. The maximum atomic E-state index is 13.4. The highest BCUT2D eigenvalue weighted by atomic mass is 32.2. The minimum absolute atomic E-state index is 0.00214. The Kier molecular flexibility index (Phi) is 4.59. The van der Waals surface area contributed by atoms with Crippen LogP contribution in [-0.2, 0) is 15.4 Å². The monoisotopic (exact) mass is 498 g/mol. The fourth-order valence-electron chi connectivity index (χ4n) is 5.02. The van der Waals surface area contributed by atoms with Crippen LogP contribution in [0.2, 0.25) is 0 Å². The lowest BCUT2D eigenvalue weighted by Crippen LogP contribution is -2.21. The van der Waals surface area contributed by atoms with Crippen LogP contribution >= 0.6 is 0 Å². The zero-order chi connectivity index (χ0) is 24.7. The molecule has 2 aliphatic heterocycles. The molecule has 0 saturated carbocycles. The lowest BCUT2D eigenvalue weighted by Gasteiger charge is -2.26. The van der Waals surface area contributed by atoms with Crippen molar-refractivity contribution in [1.82, 2.24) is 19.5 Å². The molecule has 6 rings (SSSR count). The number of imidazole rings is 1. The fraction of sp³-hybridized carbons (Fsp3) is 0.292. The van der Waals surface area contributed by atoms with Gasteiger partial charge in [-0.25, -0.2) is 23.4 Å². The van der Waals surface area contributed by atoms with Gasteiger partial charge < -0.3 is 14.4 Å². The van der Waals surface area contributed by atoms with Crippen LogP contribution in [0.15, 0.2) is 53.7 Å². The number of nitrogens with zero attached hydrogens (tertiary/aromatic N) is 4. The van der Waals surface area contributed by atoms with Crippen molar-refractivity contribution in [3.8, 4) is 16.9 Å². The predicted octanol–water partition coefficient (Wildman–Crippen LogP) is 4.14. The van der Waals surface area contributed by atoms with Crippen LogP contribution in [0.5, 0.6) is 5.75 Å². The second-order valence-electron chi connectivity index (χ2n) is 9.23. The molecule has 0 saturated heterocycles. The number of hydrogen-bond donors (Lipinski definition) is 1. The van der Waals surface area contributed by atoms with E-state index in [4.69, 9.17) is 4.74 Å². The molecule has 180 valence electrons. The molecule has 35 heavy (non-hydrogen) atoms. The van der Waals surface area contributed by atoms with Gasteiger partial charge in [0.05, 0.1) is 22.0 Å². The Morgan fingerprint density at radius 2 is 1.89 bits per heavy atom. The van der Waals surface area contributed by atoms with Gasteiger partial charge in [0.25, 0.3) is 0 Å². The number of aliphatic hydroxyl groups is 1. The van der Waals surface area contributed by atoms with E-state index in [1.54, 1.807) is 32.3 Å². The summed E-state index contributed by atoms with van der Waals surface area (Å²) in [5, 5.41) is 9.24. The topological polar surface area (TPSA) is 107 Å². The molecule has 0 fully saturated rings. The van der Waals surface area contributed by atoms with Crippen molar-refractivity contribution in [2.75, 3.05) is 0 Å². The molecule has 2 aromatic heterocycles. The summed E-state index contributed by atoms with van der Waals surface area (Å²) in [5.74, 6) is 0.524. The SMILES string of the molecule is CC(C)(O)c1ncc(-c2ccc3nc4n(c3c2)[C@H]2C[C@@H]4S(=O)(=O)c3cccc(OC(F)F)c32)cn1. The minimum atomic E-state index is -3.84. The average Bonchev–Trinajstić information content (AvgIpc) is 3.33. The predicted molar refractivity (Wildman–Crippen MR) is 122 cm³/mol. The van der Waals surface area contributed by atoms with E-state index in [1.165, 1.54) is 18.2 Å². The van der Waals surface area contributed by atoms with E-state index in [9.17, 15) is 22.3 Å². The lowest BCUT2D eigenvalue weighted by molar-refractivity contribution is -0.0509. The second kappa shape index (κ2) is 7.28. The van der Waals surface area contributed by atoms with Gasteiger partial charge in [-0.15, -0.1) is 0 Å². The molecule has 0 spiro atoms. The van der Waals surface area contributed by atoms with Gasteiger partial charge in [0, 0.05) is 23.5 Å². The van der Waals surface area contributed by atoms with Crippen LogP contribution in [0.25, 0.3) is 22.2 Å². The third kappa shape index (κ3) is 3.25. The molecule has 0 radical (unpaired) electrons. The van der Waals surface area contributed by atoms with E-state index in [2.05, 4.69) is 15.0 Å². The van der Waals surface area contributed by atoms with Gasteiger partial charge in [-0.05, 0) is 50.1 Å². The second-order valence-corrected chi connectivity index (χ2v) is 11.3. The van der Waals surface area contributed by atoms with E-state index in [0.717, 1.165) is 5.56 Å². The number of hydrogen-bond acceptors (Lipinski definition) is 7. The molecule has 8 nitrogen and oxygen atoms in total. The number of sulfone groups is 1. The van der Waals surface area contributed by atoms with Crippen LogP contribution < -0.4 is 4.74 Å². The van der Waals surface area contributed by atoms with E-state index < -0.39 is 33.3 Å². The Morgan fingerprint density at radius 3 is 2.57 bits per heavy atom. The maximum Gasteiger partial charge on any atom is 0.387 e. The van der Waals surface area contributed by atoms with E-state index in [0.29, 0.717) is 22.4 Å². The van der Waals surface area contributed by atoms with Crippen LogP contribution in [0.1, 0.15) is 48.8 Å². The van der Waals surface area contributed by atoms with Gasteiger partial charge in [0.2, 0.25) is 0 Å². The molecule has 1 N–H and O–H groups in total. The third-order valence-electron chi connectivity index (χ3n) is 6.54. The zero-order valence-corrected chi connectivity index (χ0v) is 19.5. The molecule has 0 unspecified atom stereocenters. The number of rotatable bonds is 4. The molecule has 0 aliphatic carbocycles. The molecular formula is C24H20F2N4O4S. The summed E-state index contributed by atoms with van der Waals surface area (Å²) in [6.45, 7) is 0.111. The molecule has 2 bridgehead atoms. The molecule has 2 aromatic carbocycles. The van der Waals surface area contributed by atoms with Crippen LogP contribution in [0, 0.1) is 0 Å². The molecule has 0 amide bonds. The van der Waals surface area contributed by atoms with Crippen molar-refractivity contribution in [3.05, 3.63) is 66.0 Å². The summed E-state index contributed by atoms with van der Waals surface area (Å²) in [6, 6.07) is 9.17. The van der Waals surface area contributed by atoms with Crippen molar-refractivity contribution in [2.45, 2.75) is 48.7 Å². The van der Waals surface area contributed by atoms with Crippen molar-refractivity contribution >= 4 is 20.9 Å². The Labute approximate surface area is 199 Å². The number of aromatic nitrogens is 4. The zero-order valence-electron chi connectivity index (χ0n) is 18.7. The van der Waals surface area contributed by atoms with Crippen molar-refractivity contribution in [3.63, 3.8) is 0 Å². The van der Waals surface area contributed by atoms with Crippen molar-refractivity contribution in [1.29, 1.82) is 0 Å². The molecule has 2 aliphatic rings. The minimum Gasteiger partial charge on any atom is -0.434 e. The van der Waals surface area contributed by atoms with E-state index in [1.807, 2.05) is 16.7 Å². The molecule has 2 atom stereocenters.